The van der Waals surface area contributed by atoms with E-state index >= 15 is 0 Å². The third-order valence-electron chi connectivity index (χ3n) is 3.06. The SMILES string of the molecule is COc1ccc([N+](=O)[O-])cc1NC(=O)CSc1ccc(C)cc1. The molecule has 0 saturated heterocycles. The number of hydrogen-bond acceptors (Lipinski definition) is 5. The molecule has 1 N–H and O–H groups in total. The van der Waals surface area contributed by atoms with E-state index in [-0.39, 0.29) is 23.0 Å². The van der Waals surface area contributed by atoms with Crippen molar-refractivity contribution in [2.45, 2.75) is 11.8 Å². The number of aryl methyl sites for hydroxylation is 1. The maximum Gasteiger partial charge on any atom is 0.271 e. The Balaban J connectivity index is 2.02. The van der Waals surface area contributed by atoms with Crippen molar-refractivity contribution in [2.24, 2.45) is 0 Å². The van der Waals surface area contributed by atoms with Crippen LogP contribution in [0.1, 0.15) is 5.56 Å². The molecular formula is C16H16N2O4S. The van der Waals surface area contributed by atoms with Gasteiger partial charge in [0.2, 0.25) is 5.91 Å². The molecule has 0 unspecified atom stereocenters. The van der Waals surface area contributed by atoms with Crippen LogP contribution in [-0.2, 0) is 4.79 Å². The monoisotopic (exact) mass is 332 g/mol. The van der Waals surface area contributed by atoms with Crippen molar-refractivity contribution in [3.05, 3.63) is 58.1 Å². The van der Waals surface area contributed by atoms with Crippen molar-refractivity contribution in [1.29, 1.82) is 0 Å². The van der Waals surface area contributed by atoms with Crippen LogP contribution in [0.15, 0.2) is 47.4 Å². The maximum absolute atomic E-state index is 12.0. The van der Waals surface area contributed by atoms with Crippen molar-refractivity contribution in [2.75, 3.05) is 18.2 Å². The number of nitrogens with one attached hydrogen (secondary N) is 1. The Labute approximate surface area is 138 Å². The fourth-order valence-electron chi connectivity index (χ4n) is 1.88. The van der Waals surface area contributed by atoms with Crippen LogP contribution < -0.4 is 10.1 Å². The molecule has 0 bridgehead atoms. The molecule has 23 heavy (non-hydrogen) atoms. The first kappa shape index (κ1) is 16.8. The van der Waals surface area contributed by atoms with E-state index in [1.54, 1.807) is 0 Å². The minimum Gasteiger partial charge on any atom is -0.495 e. The molecule has 0 atom stereocenters. The second kappa shape index (κ2) is 7.64. The highest BCUT2D eigenvalue weighted by Crippen LogP contribution is 2.29. The molecule has 2 rings (SSSR count). The molecule has 0 spiro atoms. The van der Waals surface area contributed by atoms with Gasteiger partial charge in [0.05, 0.1) is 23.5 Å². The minimum absolute atomic E-state index is 0.104. The van der Waals surface area contributed by atoms with Crippen molar-refractivity contribution in [3.8, 4) is 5.75 Å². The van der Waals surface area contributed by atoms with Gasteiger partial charge in [0.15, 0.2) is 0 Å². The molecule has 1 amide bonds. The second-order valence-corrected chi connectivity index (χ2v) is 5.84. The Morgan fingerprint density at radius 1 is 1.26 bits per heavy atom. The zero-order valence-corrected chi connectivity index (χ0v) is 13.6. The normalized spacial score (nSPS) is 10.2. The summed E-state index contributed by atoms with van der Waals surface area (Å²) in [5.41, 5.74) is 1.34. The predicted molar refractivity (Wildman–Crippen MR) is 90.2 cm³/mol. The van der Waals surface area contributed by atoms with Crippen molar-refractivity contribution < 1.29 is 14.5 Å². The summed E-state index contributed by atoms with van der Waals surface area (Å²) in [6.45, 7) is 2.00. The molecule has 2 aromatic rings. The second-order valence-electron chi connectivity index (χ2n) is 4.79. The van der Waals surface area contributed by atoms with Gasteiger partial charge in [0, 0.05) is 17.0 Å². The number of amides is 1. The van der Waals surface area contributed by atoms with Crippen molar-refractivity contribution >= 4 is 29.0 Å². The lowest BCUT2D eigenvalue weighted by Gasteiger charge is -2.10. The van der Waals surface area contributed by atoms with Crippen LogP contribution in [0, 0.1) is 17.0 Å². The van der Waals surface area contributed by atoms with Gasteiger partial charge in [-0.2, -0.15) is 0 Å². The Bertz CT molecular complexity index is 717. The highest BCUT2D eigenvalue weighted by molar-refractivity contribution is 8.00. The lowest BCUT2D eigenvalue weighted by atomic mass is 10.2. The van der Waals surface area contributed by atoms with Crippen LogP contribution in [0.5, 0.6) is 5.75 Å². The summed E-state index contributed by atoms with van der Waals surface area (Å²) in [6, 6.07) is 11.9. The van der Waals surface area contributed by atoms with E-state index in [1.807, 2.05) is 31.2 Å². The summed E-state index contributed by atoms with van der Waals surface area (Å²) in [7, 11) is 1.44. The topological polar surface area (TPSA) is 81.5 Å². The Hall–Kier alpha value is -2.54. The smallest absolute Gasteiger partial charge is 0.271 e. The fraction of sp³-hybridized carbons (Fsp3) is 0.188. The molecule has 7 heteroatoms. The number of non-ortho nitro benzene ring substituents is 1. The third-order valence-corrected chi connectivity index (χ3v) is 4.07. The molecule has 0 fully saturated rings. The summed E-state index contributed by atoms with van der Waals surface area (Å²) in [6.07, 6.45) is 0. The number of ether oxygens (including phenoxy) is 1. The summed E-state index contributed by atoms with van der Waals surface area (Å²) in [5.74, 6) is 0.327. The van der Waals surface area contributed by atoms with Crippen LogP contribution in [0.4, 0.5) is 11.4 Å². The average Bonchev–Trinajstić information content (AvgIpc) is 2.54. The number of methoxy groups -OCH3 is 1. The first-order valence-electron chi connectivity index (χ1n) is 6.81. The average molecular weight is 332 g/mol. The van der Waals surface area contributed by atoms with Gasteiger partial charge in [0.1, 0.15) is 5.75 Å². The Morgan fingerprint density at radius 3 is 2.57 bits per heavy atom. The van der Waals surface area contributed by atoms with E-state index in [1.165, 1.54) is 37.1 Å². The van der Waals surface area contributed by atoms with Gasteiger partial charge < -0.3 is 10.1 Å². The number of rotatable bonds is 6. The number of carbonyl (C=O) groups is 1. The van der Waals surface area contributed by atoms with E-state index < -0.39 is 4.92 Å². The molecule has 0 aliphatic heterocycles. The molecule has 0 heterocycles. The van der Waals surface area contributed by atoms with E-state index in [4.69, 9.17) is 4.74 Å². The van der Waals surface area contributed by atoms with Gasteiger partial charge in [-0.15, -0.1) is 11.8 Å². The number of benzene rings is 2. The summed E-state index contributed by atoms with van der Waals surface area (Å²) >= 11 is 1.39. The molecule has 120 valence electrons. The van der Waals surface area contributed by atoms with Crippen LogP contribution in [-0.4, -0.2) is 23.7 Å². The lowest BCUT2D eigenvalue weighted by Crippen LogP contribution is -2.14. The van der Waals surface area contributed by atoms with Crippen LogP contribution in [0.25, 0.3) is 0 Å². The van der Waals surface area contributed by atoms with Gasteiger partial charge in [-0.3, -0.25) is 14.9 Å². The Kier molecular flexibility index (Phi) is 5.59. The first-order chi connectivity index (χ1) is 11.0. The van der Waals surface area contributed by atoms with Gasteiger partial charge >= 0.3 is 0 Å². The predicted octanol–water partition coefficient (Wildman–Crippen LogP) is 3.64. The zero-order chi connectivity index (χ0) is 16.8. The number of nitrogens with zero attached hydrogens (tertiary/aromatic N) is 1. The van der Waals surface area contributed by atoms with Crippen LogP contribution >= 0.6 is 11.8 Å². The third kappa shape index (κ3) is 4.72. The van der Waals surface area contributed by atoms with Crippen LogP contribution in [0.2, 0.25) is 0 Å². The van der Waals surface area contributed by atoms with E-state index in [2.05, 4.69) is 5.32 Å². The standard InChI is InChI=1S/C16H16N2O4S/c1-11-3-6-13(7-4-11)23-10-16(19)17-14-9-12(18(20)21)5-8-15(14)22-2/h3-9H,10H2,1-2H3,(H,17,19). The largest absolute Gasteiger partial charge is 0.495 e. The molecule has 2 aromatic carbocycles. The first-order valence-corrected chi connectivity index (χ1v) is 7.80. The molecule has 6 nitrogen and oxygen atoms in total. The zero-order valence-electron chi connectivity index (χ0n) is 12.7. The lowest BCUT2D eigenvalue weighted by molar-refractivity contribution is -0.384. The fourth-order valence-corrected chi connectivity index (χ4v) is 2.58. The number of carbonyl (C=O) groups excluding carboxylic acids is 1. The molecule has 0 saturated carbocycles. The summed E-state index contributed by atoms with van der Waals surface area (Å²) < 4.78 is 5.11. The minimum atomic E-state index is -0.518. The number of thioether (sulfide) groups is 1. The Morgan fingerprint density at radius 2 is 1.96 bits per heavy atom. The number of anilines is 1. The number of nitro benzene ring substituents is 1. The van der Waals surface area contributed by atoms with E-state index in [0.717, 1.165) is 10.5 Å². The van der Waals surface area contributed by atoms with Crippen molar-refractivity contribution in [3.63, 3.8) is 0 Å². The van der Waals surface area contributed by atoms with Gasteiger partial charge in [-0.25, -0.2) is 0 Å². The molecular weight excluding hydrogens is 316 g/mol. The highest BCUT2D eigenvalue weighted by Gasteiger charge is 2.13. The summed E-state index contributed by atoms with van der Waals surface area (Å²) in [4.78, 5) is 23.3. The van der Waals surface area contributed by atoms with Gasteiger partial charge in [-0.05, 0) is 25.1 Å². The summed E-state index contributed by atoms with van der Waals surface area (Å²) in [5, 5.41) is 13.5. The quantitative estimate of drug-likeness (QED) is 0.496. The molecule has 0 radical (unpaired) electrons. The van der Waals surface area contributed by atoms with E-state index in [9.17, 15) is 14.9 Å². The maximum atomic E-state index is 12.0. The van der Waals surface area contributed by atoms with Crippen LogP contribution in [0.3, 0.4) is 0 Å². The highest BCUT2D eigenvalue weighted by atomic mass is 32.2. The number of hydrogen-bond donors (Lipinski definition) is 1. The molecule has 0 aliphatic carbocycles. The van der Waals surface area contributed by atoms with Crippen molar-refractivity contribution in [1.82, 2.24) is 0 Å². The van der Waals surface area contributed by atoms with E-state index in [0.29, 0.717) is 5.75 Å². The molecule has 0 aliphatic rings. The number of nitro groups is 1. The van der Waals surface area contributed by atoms with Gasteiger partial charge in [-0.1, -0.05) is 17.7 Å². The van der Waals surface area contributed by atoms with Gasteiger partial charge in [0.25, 0.3) is 5.69 Å². The molecule has 0 aromatic heterocycles.